The van der Waals surface area contributed by atoms with Gasteiger partial charge in [0.05, 0.1) is 0 Å². The van der Waals surface area contributed by atoms with E-state index in [-0.39, 0.29) is 0 Å². The summed E-state index contributed by atoms with van der Waals surface area (Å²) in [4.78, 5) is 0. The highest BCUT2D eigenvalue weighted by atomic mass is 19.4. The highest BCUT2D eigenvalue weighted by Crippen LogP contribution is 2.52. The molecule has 0 aromatic heterocycles. The van der Waals surface area contributed by atoms with Gasteiger partial charge in [-0.1, -0.05) is 0 Å². The van der Waals surface area contributed by atoms with Gasteiger partial charge in [-0.05, 0) is 0 Å². The van der Waals surface area contributed by atoms with Crippen LogP contribution in [0.15, 0.2) is 12.1 Å². The lowest BCUT2D eigenvalue weighted by molar-refractivity contribution is -0.515. The van der Waals surface area contributed by atoms with E-state index in [1.807, 2.05) is 9.47 Å². The summed E-state index contributed by atoms with van der Waals surface area (Å²) in [5.41, 5.74) is 0. The minimum absolute atomic E-state index is 0.829. The zero-order valence-corrected chi connectivity index (χ0v) is 10.2. The second-order valence-electron chi connectivity index (χ2n) is 3.75. The smallest absolute Gasteiger partial charge is 0.398 e. The maximum Gasteiger partial charge on any atom is 0.471 e. The molecule has 0 radical (unpaired) electrons. The maximum atomic E-state index is 13.3. The Balaban J connectivity index is 6.01. The Morgan fingerprint density at radius 1 is 0.696 bits per heavy atom. The first-order valence-corrected chi connectivity index (χ1v) is 4.77. The largest absolute Gasteiger partial charge is 0.471 e. The molecule has 0 heterocycles. The summed E-state index contributed by atoms with van der Waals surface area (Å²) in [5.74, 6) is -12.7. The van der Waals surface area contributed by atoms with E-state index >= 15 is 0 Å². The third-order valence-corrected chi connectivity index (χ3v) is 1.89. The van der Waals surface area contributed by atoms with Gasteiger partial charge < -0.3 is 4.74 Å². The van der Waals surface area contributed by atoms with E-state index in [2.05, 4.69) is 0 Å². The van der Waals surface area contributed by atoms with Crippen molar-refractivity contribution in [1.29, 1.82) is 0 Å². The summed E-state index contributed by atoms with van der Waals surface area (Å²) < 4.78 is 164. The molecule has 0 fully saturated rings. The molecule has 0 N–H and O–H groups in total. The Kier molecular flexibility index (Phi) is 5.54. The highest BCUT2D eigenvalue weighted by Gasteiger charge is 2.80. The minimum atomic E-state index is -7.22. The van der Waals surface area contributed by atoms with Crippen LogP contribution in [-0.4, -0.2) is 30.2 Å². The van der Waals surface area contributed by atoms with Crippen LogP contribution in [0.5, 0.6) is 0 Å². The Morgan fingerprint density at radius 3 is 1.35 bits per heavy atom. The van der Waals surface area contributed by atoms with Gasteiger partial charge in [-0.3, -0.25) is 4.74 Å². The molecule has 0 amide bonds. The summed E-state index contributed by atoms with van der Waals surface area (Å²) in [6, 6.07) is -3.78. The normalized spacial score (nSPS) is 16.8. The van der Waals surface area contributed by atoms with Crippen molar-refractivity contribution in [1.82, 2.24) is 0 Å². The Bertz CT molecular complexity index is 458. The molecule has 2 nitrogen and oxygen atoms in total. The van der Waals surface area contributed by atoms with E-state index in [4.69, 9.17) is 0 Å². The van der Waals surface area contributed by atoms with Crippen LogP contribution < -0.4 is 0 Å². The van der Waals surface area contributed by atoms with Crippen molar-refractivity contribution in [3.05, 3.63) is 12.1 Å². The van der Waals surface area contributed by atoms with E-state index < -0.39 is 49.2 Å². The monoisotopic (exact) mass is 378 g/mol. The quantitative estimate of drug-likeness (QED) is 0.472. The number of halogens is 13. The third kappa shape index (κ3) is 4.32. The summed E-state index contributed by atoms with van der Waals surface area (Å²) in [6.07, 6.45) is -24.5. The molecule has 0 aromatic carbocycles. The molecule has 0 aliphatic carbocycles. The average Bonchev–Trinajstić information content (AvgIpc) is 2.23. The molecule has 138 valence electrons. The Labute approximate surface area is 117 Å². The molecule has 0 aromatic rings. The Morgan fingerprint density at radius 2 is 1.09 bits per heavy atom. The lowest BCUT2D eigenvalue weighted by atomic mass is 10.2. The van der Waals surface area contributed by atoms with Crippen molar-refractivity contribution in [2.24, 2.45) is 0 Å². The van der Waals surface area contributed by atoms with Gasteiger partial charge in [-0.25, -0.2) is 0 Å². The average molecular weight is 378 g/mol. The van der Waals surface area contributed by atoms with E-state index in [0.29, 0.717) is 0 Å². The summed E-state index contributed by atoms with van der Waals surface area (Å²) >= 11 is 0. The molecule has 1 atom stereocenters. The van der Waals surface area contributed by atoms with Gasteiger partial charge in [0.15, 0.2) is 0 Å². The lowest BCUT2D eigenvalue weighted by Crippen LogP contribution is -2.62. The first kappa shape index (κ1) is 21.6. The lowest BCUT2D eigenvalue weighted by Gasteiger charge is -2.36. The second-order valence-corrected chi connectivity index (χ2v) is 3.75. The molecule has 23 heavy (non-hydrogen) atoms. The molecule has 15 heteroatoms. The molecule has 0 saturated carbocycles. The zero-order chi connectivity index (χ0) is 19.1. The van der Waals surface area contributed by atoms with Crippen LogP contribution in [0.3, 0.4) is 0 Å². The second kappa shape index (κ2) is 5.90. The SMILES string of the molecule is CC(F)(F)C(F)(F)OC(F)(C(F)(F)F)C(F)(F)OC(F)=C(F)F. The summed E-state index contributed by atoms with van der Waals surface area (Å²) in [5, 5.41) is 0. The number of hydrogen-bond acceptors (Lipinski definition) is 2. The molecule has 0 saturated heterocycles. The van der Waals surface area contributed by atoms with Gasteiger partial charge in [-0.15, -0.1) is 0 Å². The highest BCUT2D eigenvalue weighted by molar-refractivity contribution is 4.93. The standard InChI is InChI=1S/C8H3F13O2/c1-4(12,13)7(18,19)23-5(14,6(15,16)17)8(20,21)22-3(11)2(9)10/h1H3. The number of rotatable bonds is 6. The summed E-state index contributed by atoms with van der Waals surface area (Å²) in [6.45, 7) is -0.829. The van der Waals surface area contributed by atoms with Crippen LogP contribution >= 0.6 is 0 Å². The first-order valence-electron chi connectivity index (χ1n) is 4.77. The molecule has 1 unspecified atom stereocenters. The Hall–Kier alpha value is -1.41. The van der Waals surface area contributed by atoms with Gasteiger partial charge in [0.1, 0.15) is 0 Å². The van der Waals surface area contributed by atoms with Gasteiger partial charge in [0, 0.05) is 6.92 Å². The van der Waals surface area contributed by atoms with Gasteiger partial charge in [0.2, 0.25) is 0 Å². The van der Waals surface area contributed by atoms with Crippen molar-refractivity contribution in [2.45, 2.75) is 37.1 Å². The van der Waals surface area contributed by atoms with E-state index in [1.54, 1.807) is 0 Å². The van der Waals surface area contributed by atoms with Crippen LogP contribution in [0.2, 0.25) is 0 Å². The summed E-state index contributed by atoms with van der Waals surface area (Å²) in [7, 11) is 0. The molecule has 0 rings (SSSR count). The number of hydrogen-bond donors (Lipinski definition) is 0. The van der Waals surface area contributed by atoms with Crippen molar-refractivity contribution in [2.75, 3.05) is 0 Å². The van der Waals surface area contributed by atoms with Gasteiger partial charge in [0.25, 0.3) is 0 Å². The molecule has 0 spiro atoms. The van der Waals surface area contributed by atoms with Crippen LogP contribution in [0.1, 0.15) is 6.92 Å². The fourth-order valence-electron chi connectivity index (χ4n) is 0.765. The maximum absolute atomic E-state index is 13.3. The molecular weight excluding hydrogens is 375 g/mol. The molecule has 0 aliphatic rings. The number of alkyl halides is 10. The van der Waals surface area contributed by atoms with Gasteiger partial charge in [-0.2, -0.15) is 57.1 Å². The first-order chi connectivity index (χ1) is 9.78. The number of ether oxygens (including phenoxy) is 2. The van der Waals surface area contributed by atoms with E-state index in [9.17, 15) is 57.1 Å². The van der Waals surface area contributed by atoms with Crippen LogP contribution in [0.25, 0.3) is 0 Å². The molecule has 0 bridgehead atoms. The molecular formula is C8H3F13O2. The minimum Gasteiger partial charge on any atom is -0.398 e. The van der Waals surface area contributed by atoms with Crippen molar-refractivity contribution < 1.29 is 66.5 Å². The zero-order valence-electron chi connectivity index (χ0n) is 10.2. The van der Waals surface area contributed by atoms with Crippen molar-refractivity contribution >= 4 is 0 Å². The van der Waals surface area contributed by atoms with Crippen molar-refractivity contribution in [3.63, 3.8) is 0 Å². The van der Waals surface area contributed by atoms with Crippen LogP contribution in [0.4, 0.5) is 57.1 Å². The van der Waals surface area contributed by atoms with E-state index in [0.717, 1.165) is 0 Å². The van der Waals surface area contributed by atoms with Crippen LogP contribution in [0, 0.1) is 0 Å². The predicted octanol–water partition coefficient (Wildman–Crippen LogP) is 5.12. The predicted molar refractivity (Wildman–Crippen MR) is 42.9 cm³/mol. The van der Waals surface area contributed by atoms with Crippen LogP contribution in [-0.2, 0) is 9.47 Å². The van der Waals surface area contributed by atoms with Gasteiger partial charge >= 0.3 is 42.3 Å². The molecule has 0 aliphatic heterocycles. The van der Waals surface area contributed by atoms with Crippen molar-refractivity contribution in [3.8, 4) is 0 Å². The third-order valence-electron chi connectivity index (χ3n) is 1.89. The topological polar surface area (TPSA) is 18.5 Å². The fraction of sp³-hybridized carbons (Fsp3) is 0.750. The van der Waals surface area contributed by atoms with E-state index in [1.165, 1.54) is 0 Å². The fourth-order valence-corrected chi connectivity index (χ4v) is 0.765.